The molecule has 0 aromatic heterocycles. The van der Waals surface area contributed by atoms with Crippen molar-refractivity contribution in [3.8, 4) is 18.1 Å². The van der Waals surface area contributed by atoms with Crippen molar-refractivity contribution in [3.63, 3.8) is 0 Å². The van der Waals surface area contributed by atoms with E-state index in [0.717, 1.165) is 5.56 Å². The van der Waals surface area contributed by atoms with Crippen LogP contribution < -0.4 is 4.74 Å². The van der Waals surface area contributed by atoms with Gasteiger partial charge in [0.2, 0.25) is 0 Å². The SMILES string of the molecule is C#CCOC(=O)c1cccc(OCc2ccc(Cl)cc2)c1. The Bertz CT molecular complexity index is 656. The van der Waals surface area contributed by atoms with Crippen molar-refractivity contribution in [1.82, 2.24) is 0 Å². The number of hydrogen-bond acceptors (Lipinski definition) is 3. The van der Waals surface area contributed by atoms with E-state index < -0.39 is 5.97 Å². The van der Waals surface area contributed by atoms with Gasteiger partial charge in [0.25, 0.3) is 0 Å². The van der Waals surface area contributed by atoms with E-state index in [1.807, 2.05) is 12.1 Å². The monoisotopic (exact) mass is 300 g/mol. The third-order valence-corrected chi connectivity index (χ3v) is 2.93. The zero-order valence-corrected chi connectivity index (χ0v) is 12.0. The molecule has 2 aromatic rings. The quantitative estimate of drug-likeness (QED) is 0.624. The lowest BCUT2D eigenvalue weighted by molar-refractivity contribution is 0.0556. The van der Waals surface area contributed by atoms with Crippen molar-refractivity contribution in [3.05, 3.63) is 64.7 Å². The van der Waals surface area contributed by atoms with Gasteiger partial charge < -0.3 is 9.47 Å². The number of hydrogen-bond donors (Lipinski definition) is 0. The molecule has 106 valence electrons. The maximum Gasteiger partial charge on any atom is 0.339 e. The Morgan fingerprint density at radius 3 is 2.67 bits per heavy atom. The Hall–Kier alpha value is -2.44. The van der Waals surface area contributed by atoms with Crippen molar-refractivity contribution < 1.29 is 14.3 Å². The first-order chi connectivity index (χ1) is 10.2. The molecule has 0 aliphatic heterocycles. The van der Waals surface area contributed by atoms with Gasteiger partial charge in [-0.05, 0) is 35.9 Å². The van der Waals surface area contributed by atoms with Crippen molar-refractivity contribution >= 4 is 17.6 Å². The molecule has 0 fully saturated rings. The fraction of sp³-hybridized carbons (Fsp3) is 0.118. The number of rotatable bonds is 5. The smallest absolute Gasteiger partial charge is 0.339 e. The lowest BCUT2D eigenvalue weighted by Crippen LogP contribution is -2.05. The predicted molar refractivity (Wildman–Crippen MR) is 81.3 cm³/mol. The van der Waals surface area contributed by atoms with Crippen LogP contribution in [0.1, 0.15) is 15.9 Å². The first-order valence-electron chi connectivity index (χ1n) is 6.27. The van der Waals surface area contributed by atoms with Crippen molar-refractivity contribution in [2.24, 2.45) is 0 Å². The number of terminal acetylenes is 1. The van der Waals surface area contributed by atoms with Crippen LogP contribution in [0.15, 0.2) is 48.5 Å². The molecule has 0 N–H and O–H groups in total. The molecular weight excluding hydrogens is 288 g/mol. The Kier molecular flexibility index (Phi) is 5.25. The Balaban J connectivity index is 1.99. The minimum atomic E-state index is -0.468. The molecule has 0 saturated carbocycles. The number of ether oxygens (including phenoxy) is 2. The van der Waals surface area contributed by atoms with Gasteiger partial charge in [-0.25, -0.2) is 4.79 Å². The molecule has 0 amide bonds. The second-order valence-electron chi connectivity index (χ2n) is 4.22. The molecule has 0 bridgehead atoms. The van der Waals surface area contributed by atoms with Crippen molar-refractivity contribution in [1.29, 1.82) is 0 Å². The highest BCUT2D eigenvalue weighted by Gasteiger charge is 2.07. The standard InChI is InChI=1S/C17H13ClO3/c1-2-10-20-17(19)14-4-3-5-16(11-14)21-12-13-6-8-15(18)9-7-13/h1,3-9,11H,10,12H2. The Morgan fingerprint density at radius 2 is 1.95 bits per heavy atom. The first-order valence-corrected chi connectivity index (χ1v) is 6.65. The summed E-state index contributed by atoms with van der Waals surface area (Å²) in [7, 11) is 0. The highest BCUT2D eigenvalue weighted by atomic mass is 35.5. The summed E-state index contributed by atoms with van der Waals surface area (Å²) < 4.78 is 10.5. The zero-order valence-electron chi connectivity index (χ0n) is 11.2. The summed E-state index contributed by atoms with van der Waals surface area (Å²) in [6, 6.07) is 14.1. The van der Waals surface area contributed by atoms with Crippen LogP contribution in [-0.2, 0) is 11.3 Å². The average Bonchev–Trinajstić information content (AvgIpc) is 2.52. The molecule has 0 heterocycles. The summed E-state index contributed by atoms with van der Waals surface area (Å²) in [6.45, 7) is 0.342. The molecule has 0 spiro atoms. The van der Waals surface area contributed by atoms with Crippen LogP contribution in [0.3, 0.4) is 0 Å². The van der Waals surface area contributed by atoms with Gasteiger partial charge in [0.15, 0.2) is 6.61 Å². The number of benzene rings is 2. The third kappa shape index (κ3) is 4.55. The second-order valence-corrected chi connectivity index (χ2v) is 4.66. The Labute approximate surface area is 128 Å². The number of carbonyl (C=O) groups excluding carboxylic acids is 1. The summed E-state index contributed by atoms with van der Waals surface area (Å²) in [4.78, 5) is 11.7. The van der Waals surface area contributed by atoms with E-state index >= 15 is 0 Å². The van der Waals surface area contributed by atoms with Gasteiger partial charge in [0.05, 0.1) is 5.56 Å². The number of esters is 1. The lowest BCUT2D eigenvalue weighted by atomic mass is 10.2. The van der Waals surface area contributed by atoms with E-state index in [9.17, 15) is 4.79 Å². The van der Waals surface area contributed by atoms with Crippen LogP contribution in [0.2, 0.25) is 5.02 Å². The van der Waals surface area contributed by atoms with Gasteiger partial charge in [0.1, 0.15) is 12.4 Å². The Morgan fingerprint density at radius 1 is 1.19 bits per heavy atom. The molecule has 4 heteroatoms. The van der Waals surface area contributed by atoms with Crippen molar-refractivity contribution in [2.75, 3.05) is 6.61 Å². The highest BCUT2D eigenvalue weighted by Crippen LogP contribution is 2.17. The second kappa shape index (κ2) is 7.37. The van der Waals surface area contributed by atoms with Gasteiger partial charge >= 0.3 is 5.97 Å². The topological polar surface area (TPSA) is 35.5 Å². The van der Waals surface area contributed by atoms with E-state index in [2.05, 4.69) is 5.92 Å². The highest BCUT2D eigenvalue weighted by molar-refractivity contribution is 6.30. The molecule has 2 rings (SSSR count). The third-order valence-electron chi connectivity index (χ3n) is 2.68. The zero-order chi connectivity index (χ0) is 15.1. The molecule has 0 unspecified atom stereocenters. The molecule has 21 heavy (non-hydrogen) atoms. The molecule has 2 aromatic carbocycles. The van der Waals surface area contributed by atoms with Crippen LogP contribution in [0, 0.1) is 12.3 Å². The average molecular weight is 301 g/mol. The van der Waals surface area contributed by atoms with Crippen LogP contribution in [0.5, 0.6) is 5.75 Å². The van der Waals surface area contributed by atoms with Crippen LogP contribution in [0.25, 0.3) is 0 Å². The summed E-state index contributed by atoms with van der Waals surface area (Å²) in [5.41, 5.74) is 1.39. The van der Waals surface area contributed by atoms with E-state index in [-0.39, 0.29) is 6.61 Å². The number of halogens is 1. The molecule has 0 radical (unpaired) electrons. The van der Waals surface area contributed by atoms with Gasteiger partial charge in [-0.3, -0.25) is 0 Å². The fourth-order valence-corrected chi connectivity index (χ4v) is 1.78. The minimum Gasteiger partial charge on any atom is -0.489 e. The van der Waals surface area contributed by atoms with Crippen LogP contribution in [-0.4, -0.2) is 12.6 Å². The maximum atomic E-state index is 11.7. The van der Waals surface area contributed by atoms with E-state index in [1.165, 1.54) is 0 Å². The molecular formula is C17H13ClO3. The summed E-state index contributed by atoms with van der Waals surface area (Å²) >= 11 is 5.82. The summed E-state index contributed by atoms with van der Waals surface area (Å²) in [6.07, 6.45) is 5.05. The minimum absolute atomic E-state index is 0.0469. The normalized spacial score (nSPS) is 9.71. The lowest BCUT2D eigenvalue weighted by Gasteiger charge is -2.08. The van der Waals surface area contributed by atoms with Crippen LogP contribution in [0.4, 0.5) is 0 Å². The first kappa shape index (κ1) is 15.0. The predicted octanol–water partition coefficient (Wildman–Crippen LogP) is 3.71. The van der Waals surface area contributed by atoms with E-state index in [0.29, 0.717) is 22.9 Å². The van der Waals surface area contributed by atoms with E-state index in [4.69, 9.17) is 27.5 Å². The van der Waals surface area contributed by atoms with Gasteiger partial charge in [-0.15, -0.1) is 6.42 Å². The molecule has 3 nitrogen and oxygen atoms in total. The number of carbonyl (C=O) groups is 1. The van der Waals surface area contributed by atoms with E-state index in [1.54, 1.807) is 36.4 Å². The molecule has 0 saturated heterocycles. The van der Waals surface area contributed by atoms with Crippen molar-refractivity contribution in [2.45, 2.75) is 6.61 Å². The molecule has 0 aliphatic carbocycles. The molecule has 0 atom stereocenters. The van der Waals surface area contributed by atoms with Gasteiger partial charge in [-0.2, -0.15) is 0 Å². The largest absolute Gasteiger partial charge is 0.489 e. The fourth-order valence-electron chi connectivity index (χ4n) is 1.65. The van der Waals surface area contributed by atoms with Gasteiger partial charge in [-0.1, -0.05) is 35.7 Å². The summed E-state index contributed by atoms with van der Waals surface area (Å²) in [5, 5.41) is 0.678. The van der Waals surface area contributed by atoms with Gasteiger partial charge in [0, 0.05) is 5.02 Å². The maximum absolute atomic E-state index is 11.7. The molecule has 0 aliphatic rings. The summed E-state index contributed by atoms with van der Waals surface area (Å²) in [5.74, 6) is 2.36. The van der Waals surface area contributed by atoms with Crippen LogP contribution >= 0.6 is 11.6 Å².